The second kappa shape index (κ2) is 5.70. The molecule has 0 fully saturated rings. The highest BCUT2D eigenvalue weighted by molar-refractivity contribution is 6.06. The third-order valence-corrected chi connectivity index (χ3v) is 3.69. The van der Waals surface area contributed by atoms with Crippen molar-refractivity contribution in [3.8, 4) is 5.75 Å². The van der Waals surface area contributed by atoms with Gasteiger partial charge in [0.25, 0.3) is 5.91 Å². The predicted molar refractivity (Wildman–Crippen MR) is 84.4 cm³/mol. The van der Waals surface area contributed by atoms with Crippen LogP contribution in [0.2, 0.25) is 0 Å². The molecular formula is C18H15F2NO3. The Hall–Kier alpha value is -2.76. The van der Waals surface area contributed by atoms with E-state index >= 15 is 0 Å². The average molecular weight is 331 g/mol. The molecule has 1 amide bonds. The second-order valence-electron chi connectivity index (χ2n) is 6.25. The van der Waals surface area contributed by atoms with Crippen LogP contribution in [0.5, 0.6) is 5.75 Å². The lowest BCUT2D eigenvalue weighted by atomic mass is 9.93. The Labute approximate surface area is 137 Å². The molecular weight excluding hydrogens is 316 g/mol. The number of ether oxygens (including phenoxy) is 1. The lowest BCUT2D eigenvalue weighted by molar-refractivity contribution is 0.0620. The van der Waals surface area contributed by atoms with E-state index in [4.69, 9.17) is 4.74 Å². The van der Waals surface area contributed by atoms with E-state index in [0.717, 1.165) is 12.1 Å². The molecule has 0 radical (unpaired) electrons. The van der Waals surface area contributed by atoms with Crippen LogP contribution in [-0.4, -0.2) is 17.3 Å². The van der Waals surface area contributed by atoms with Crippen molar-refractivity contribution < 1.29 is 23.1 Å². The lowest BCUT2D eigenvalue weighted by Crippen LogP contribution is -2.35. The Bertz CT molecular complexity index is 846. The Balaban J connectivity index is 1.85. The minimum atomic E-state index is -0.952. The monoisotopic (exact) mass is 331 g/mol. The highest BCUT2D eigenvalue weighted by Gasteiger charge is 2.32. The van der Waals surface area contributed by atoms with Crippen molar-refractivity contribution in [2.24, 2.45) is 0 Å². The molecule has 1 aliphatic heterocycles. The summed E-state index contributed by atoms with van der Waals surface area (Å²) in [5.41, 5.74) is -0.157. The molecule has 0 aromatic heterocycles. The molecule has 1 aliphatic rings. The molecule has 1 heterocycles. The van der Waals surface area contributed by atoms with Gasteiger partial charge < -0.3 is 10.1 Å². The predicted octanol–water partition coefficient (Wildman–Crippen LogP) is 3.96. The van der Waals surface area contributed by atoms with E-state index in [-0.39, 0.29) is 17.8 Å². The summed E-state index contributed by atoms with van der Waals surface area (Å²) in [5.74, 6) is -2.08. The minimum Gasteiger partial charge on any atom is -0.487 e. The van der Waals surface area contributed by atoms with Crippen molar-refractivity contribution >= 4 is 17.4 Å². The van der Waals surface area contributed by atoms with Crippen molar-refractivity contribution in [2.75, 3.05) is 5.32 Å². The third kappa shape index (κ3) is 3.13. The molecule has 6 heteroatoms. The molecule has 0 saturated heterocycles. The van der Waals surface area contributed by atoms with Crippen LogP contribution >= 0.6 is 0 Å². The van der Waals surface area contributed by atoms with Gasteiger partial charge in [-0.1, -0.05) is 0 Å². The first-order valence-electron chi connectivity index (χ1n) is 7.38. The SMILES string of the molecule is CC1(C)CC(=O)c2cc(NC(=O)c3ccc(F)cc3F)ccc2O1. The zero-order valence-corrected chi connectivity index (χ0v) is 13.2. The number of Topliss-reactive ketones (excluding diaryl/α,β-unsaturated/α-hetero) is 1. The molecule has 0 aliphatic carbocycles. The number of amides is 1. The fraction of sp³-hybridized carbons (Fsp3) is 0.222. The fourth-order valence-corrected chi connectivity index (χ4v) is 2.60. The van der Waals surface area contributed by atoms with Gasteiger partial charge in [-0.05, 0) is 44.2 Å². The summed E-state index contributed by atoms with van der Waals surface area (Å²) >= 11 is 0. The molecule has 0 atom stereocenters. The zero-order valence-electron chi connectivity index (χ0n) is 13.2. The molecule has 0 unspecified atom stereocenters. The quantitative estimate of drug-likeness (QED) is 0.906. The standard InChI is InChI=1S/C18H15F2NO3/c1-18(2)9-15(22)13-8-11(4-6-16(13)24-18)21-17(23)12-5-3-10(19)7-14(12)20/h3-8H,9H2,1-2H3,(H,21,23). The van der Waals surface area contributed by atoms with E-state index in [1.807, 2.05) is 13.8 Å². The van der Waals surface area contributed by atoms with Gasteiger partial charge in [-0.25, -0.2) is 8.78 Å². The van der Waals surface area contributed by atoms with Gasteiger partial charge in [0.2, 0.25) is 0 Å². The highest BCUT2D eigenvalue weighted by atomic mass is 19.1. The fourth-order valence-electron chi connectivity index (χ4n) is 2.60. The summed E-state index contributed by atoms with van der Waals surface area (Å²) in [6.07, 6.45) is 0.226. The summed E-state index contributed by atoms with van der Waals surface area (Å²) in [7, 11) is 0. The molecule has 0 spiro atoms. The van der Waals surface area contributed by atoms with Crippen LogP contribution in [-0.2, 0) is 0 Å². The number of fused-ring (bicyclic) bond motifs is 1. The van der Waals surface area contributed by atoms with Crippen LogP contribution in [0.4, 0.5) is 14.5 Å². The molecule has 0 saturated carbocycles. The first-order chi connectivity index (χ1) is 11.2. The van der Waals surface area contributed by atoms with Crippen molar-refractivity contribution in [2.45, 2.75) is 25.9 Å². The van der Waals surface area contributed by atoms with E-state index < -0.39 is 23.1 Å². The number of carbonyl (C=O) groups is 2. The van der Waals surface area contributed by atoms with Gasteiger partial charge in [-0.15, -0.1) is 0 Å². The number of halogens is 2. The molecule has 24 heavy (non-hydrogen) atoms. The minimum absolute atomic E-state index is 0.0923. The maximum absolute atomic E-state index is 13.6. The maximum atomic E-state index is 13.6. The van der Waals surface area contributed by atoms with Crippen LogP contribution in [0.1, 0.15) is 41.0 Å². The first kappa shape index (κ1) is 16.1. The molecule has 2 aromatic rings. The van der Waals surface area contributed by atoms with Gasteiger partial charge in [0, 0.05) is 11.8 Å². The summed E-state index contributed by atoms with van der Waals surface area (Å²) in [6.45, 7) is 3.64. The largest absolute Gasteiger partial charge is 0.487 e. The summed E-state index contributed by atoms with van der Waals surface area (Å²) in [4.78, 5) is 24.3. The normalized spacial score (nSPS) is 15.4. The third-order valence-electron chi connectivity index (χ3n) is 3.69. The van der Waals surface area contributed by atoms with Crippen LogP contribution in [0.15, 0.2) is 36.4 Å². The highest BCUT2D eigenvalue weighted by Crippen LogP contribution is 2.34. The molecule has 2 aromatic carbocycles. The van der Waals surface area contributed by atoms with Crippen LogP contribution < -0.4 is 10.1 Å². The van der Waals surface area contributed by atoms with Gasteiger partial charge in [0.05, 0.1) is 17.5 Å². The molecule has 124 valence electrons. The Kier molecular flexibility index (Phi) is 3.83. The smallest absolute Gasteiger partial charge is 0.258 e. The van der Waals surface area contributed by atoms with Crippen molar-refractivity contribution in [1.29, 1.82) is 0 Å². The van der Waals surface area contributed by atoms with Crippen molar-refractivity contribution in [1.82, 2.24) is 0 Å². The Morgan fingerprint density at radius 2 is 1.92 bits per heavy atom. The number of ketones is 1. The number of hydrogen-bond donors (Lipinski definition) is 1. The Morgan fingerprint density at radius 1 is 1.17 bits per heavy atom. The van der Waals surface area contributed by atoms with E-state index in [9.17, 15) is 18.4 Å². The van der Waals surface area contributed by atoms with Crippen LogP contribution in [0.25, 0.3) is 0 Å². The number of nitrogens with one attached hydrogen (secondary N) is 1. The first-order valence-corrected chi connectivity index (χ1v) is 7.38. The molecule has 0 bridgehead atoms. The number of anilines is 1. The van der Waals surface area contributed by atoms with Gasteiger partial charge in [0.15, 0.2) is 5.78 Å². The van der Waals surface area contributed by atoms with Crippen molar-refractivity contribution in [3.05, 3.63) is 59.2 Å². The van der Waals surface area contributed by atoms with Gasteiger partial charge in [-0.3, -0.25) is 9.59 Å². The van der Waals surface area contributed by atoms with Crippen LogP contribution in [0, 0.1) is 11.6 Å². The number of benzene rings is 2. The second-order valence-corrected chi connectivity index (χ2v) is 6.25. The van der Waals surface area contributed by atoms with Gasteiger partial charge in [0.1, 0.15) is 23.0 Å². The molecule has 4 nitrogen and oxygen atoms in total. The van der Waals surface area contributed by atoms with E-state index in [1.165, 1.54) is 6.07 Å². The Morgan fingerprint density at radius 3 is 2.62 bits per heavy atom. The summed E-state index contributed by atoms with van der Waals surface area (Å²) in [5, 5.41) is 2.50. The molecule has 3 rings (SSSR count). The van der Waals surface area contributed by atoms with E-state index in [2.05, 4.69) is 5.32 Å². The summed E-state index contributed by atoms with van der Waals surface area (Å²) < 4.78 is 32.3. The average Bonchev–Trinajstić information content (AvgIpc) is 2.46. The lowest BCUT2D eigenvalue weighted by Gasteiger charge is -2.31. The number of rotatable bonds is 2. The van der Waals surface area contributed by atoms with E-state index in [0.29, 0.717) is 23.1 Å². The van der Waals surface area contributed by atoms with Crippen LogP contribution in [0.3, 0.4) is 0 Å². The van der Waals surface area contributed by atoms with E-state index in [1.54, 1.807) is 12.1 Å². The number of carbonyl (C=O) groups excluding carboxylic acids is 2. The van der Waals surface area contributed by atoms with Gasteiger partial charge in [-0.2, -0.15) is 0 Å². The summed E-state index contributed by atoms with van der Waals surface area (Å²) in [6, 6.07) is 7.35. The maximum Gasteiger partial charge on any atom is 0.258 e. The number of hydrogen-bond acceptors (Lipinski definition) is 3. The zero-order chi connectivity index (χ0) is 17.5. The van der Waals surface area contributed by atoms with Crippen molar-refractivity contribution in [3.63, 3.8) is 0 Å². The molecule has 1 N–H and O–H groups in total. The van der Waals surface area contributed by atoms with Gasteiger partial charge >= 0.3 is 0 Å². The topological polar surface area (TPSA) is 55.4 Å².